The highest BCUT2D eigenvalue weighted by Gasteiger charge is 2.33. The predicted molar refractivity (Wildman–Crippen MR) is 57.5 cm³/mol. The van der Waals surface area contributed by atoms with E-state index in [1.54, 1.807) is 0 Å². The maximum absolute atomic E-state index is 5.99. The molecule has 0 spiro atoms. The Morgan fingerprint density at radius 3 is 2.54 bits per heavy atom. The zero-order valence-corrected chi connectivity index (χ0v) is 11.4. The highest BCUT2D eigenvalue weighted by Crippen LogP contribution is 2.22. The second-order valence-electron chi connectivity index (χ2n) is 4.56. The molecule has 0 amide bonds. The smallest absolute Gasteiger partial charge is 0.310 e. The fourth-order valence-corrected chi connectivity index (χ4v) is 7.23. The molecular weight excluding hydrogens is 200 g/mol. The average Bonchev–Trinajstić information content (AvgIpc) is 1.79. The van der Waals surface area contributed by atoms with Gasteiger partial charge in [-0.2, -0.15) is 0 Å². The monoisotopic (exact) mass is 220 g/mol. The van der Waals surface area contributed by atoms with Crippen LogP contribution in [0.1, 0.15) is 13.8 Å². The summed E-state index contributed by atoms with van der Waals surface area (Å²) < 4.78 is 17.4. The molecule has 3 nitrogen and oxygen atoms in total. The van der Waals surface area contributed by atoms with Crippen LogP contribution in [-0.4, -0.2) is 30.0 Å². The molecule has 1 heterocycles. The minimum Gasteiger partial charge on any atom is -0.438 e. The summed E-state index contributed by atoms with van der Waals surface area (Å²) in [5.74, 6) is -0.448. The average molecular weight is 220 g/mol. The van der Waals surface area contributed by atoms with Crippen molar-refractivity contribution in [3.05, 3.63) is 0 Å². The minimum atomic E-state index is -1.49. The van der Waals surface area contributed by atoms with Crippen molar-refractivity contribution in [2.45, 2.75) is 45.3 Å². The van der Waals surface area contributed by atoms with Gasteiger partial charge in [0, 0.05) is 6.61 Å². The van der Waals surface area contributed by atoms with Crippen molar-refractivity contribution in [2.75, 3.05) is 6.61 Å². The minimum absolute atomic E-state index is 0.448. The van der Waals surface area contributed by atoms with Gasteiger partial charge in [0.15, 0.2) is 14.1 Å². The fraction of sp³-hybridized carbons (Fsp3) is 1.00. The molecule has 1 fully saturated rings. The van der Waals surface area contributed by atoms with E-state index in [-0.39, 0.29) is 0 Å². The standard InChI is InChI=1S/C8H20O3Si2/c1-8(2)9-6-7-13(4,5)11-12(3)10-8/h12H,6-7H2,1-5H3. The second-order valence-corrected chi connectivity index (χ2v) is 10.9. The Kier molecular flexibility index (Phi) is 3.35. The summed E-state index contributed by atoms with van der Waals surface area (Å²) in [5.41, 5.74) is 0. The molecule has 1 aliphatic heterocycles. The Morgan fingerprint density at radius 1 is 1.31 bits per heavy atom. The molecule has 1 rings (SSSR count). The van der Waals surface area contributed by atoms with Crippen molar-refractivity contribution in [1.82, 2.24) is 0 Å². The number of rotatable bonds is 0. The summed E-state index contributed by atoms with van der Waals surface area (Å²) in [6.07, 6.45) is 0. The first-order valence-electron chi connectivity index (χ1n) is 4.80. The maximum Gasteiger partial charge on any atom is 0.310 e. The molecule has 0 radical (unpaired) electrons. The molecule has 0 aromatic heterocycles. The highest BCUT2D eigenvalue weighted by molar-refractivity contribution is 6.76. The van der Waals surface area contributed by atoms with Crippen LogP contribution in [0.3, 0.4) is 0 Å². The van der Waals surface area contributed by atoms with E-state index in [1.807, 2.05) is 13.8 Å². The van der Waals surface area contributed by atoms with E-state index in [1.165, 1.54) is 0 Å². The van der Waals surface area contributed by atoms with Crippen molar-refractivity contribution >= 4 is 17.6 Å². The summed E-state index contributed by atoms with van der Waals surface area (Å²) in [6.45, 7) is 11.2. The van der Waals surface area contributed by atoms with E-state index >= 15 is 0 Å². The van der Waals surface area contributed by atoms with Crippen LogP contribution in [0.4, 0.5) is 0 Å². The SMILES string of the molecule is C[SiH]1OC(C)(C)OCC[Si](C)(C)O1. The summed E-state index contributed by atoms with van der Waals surface area (Å²) in [5, 5.41) is 0. The fourth-order valence-electron chi connectivity index (χ4n) is 1.51. The van der Waals surface area contributed by atoms with Crippen LogP contribution in [0, 0.1) is 0 Å². The Labute approximate surface area is 83.4 Å². The van der Waals surface area contributed by atoms with Gasteiger partial charge in [-0.25, -0.2) is 0 Å². The molecule has 5 heteroatoms. The second kappa shape index (κ2) is 3.82. The van der Waals surface area contributed by atoms with Crippen molar-refractivity contribution < 1.29 is 13.3 Å². The van der Waals surface area contributed by atoms with Gasteiger partial charge in [0.05, 0.1) is 0 Å². The number of hydrogen-bond donors (Lipinski definition) is 0. The predicted octanol–water partition coefficient (Wildman–Crippen LogP) is 1.84. The molecule has 0 aliphatic carbocycles. The Bertz CT molecular complexity index is 164. The van der Waals surface area contributed by atoms with Crippen molar-refractivity contribution in [3.8, 4) is 0 Å². The lowest BCUT2D eigenvalue weighted by atomic mass is 10.4. The lowest BCUT2D eigenvalue weighted by Crippen LogP contribution is -2.47. The molecule has 0 aromatic carbocycles. The van der Waals surface area contributed by atoms with Gasteiger partial charge in [0.25, 0.3) is 0 Å². The van der Waals surface area contributed by atoms with Crippen LogP contribution in [0.2, 0.25) is 25.7 Å². The van der Waals surface area contributed by atoms with Crippen molar-refractivity contribution in [2.24, 2.45) is 0 Å². The molecule has 1 aliphatic rings. The van der Waals surface area contributed by atoms with Gasteiger partial charge in [0.1, 0.15) is 0 Å². The Balaban J connectivity index is 2.59. The zero-order chi connectivity index (χ0) is 10.1. The van der Waals surface area contributed by atoms with Crippen LogP contribution in [0.25, 0.3) is 0 Å². The zero-order valence-electron chi connectivity index (χ0n) is 9.22. The maximum atomic E-state index is 5.99. The molecule has 0 N–H and O–H groups in total. The largest absolute Gasteiger partial charge is 0.438 e. The first-order chi connectivity index (χ1) is 5.81. The lowest BCUT2D eigenvalue weighted by Gasteiger charge is -2.37. The van der Waals surface area contributed by atoms with Crippen LogP contribution in [0.5, 0.6) is 0 Å². The van der Waals surface area contributed by atoms with Crippen LogP contribution >= 0.6 is 0 Å². The van der Waals surface area contributed by atoms with E-state index in [0.717, 1.165) is 12.7 Å². The van der Waals surface area contributed by atoms with Crippen LogP contribution in [0.15, 0.2) is 0 Å². The van der Waals surface area contributed by atoms with Gasteiger partial charge in [0.2, 0.25) is 0 Å². The van der Waals surface area contributed by atoms with Gasteiger partial charge in [-0.1, -0.05) is 0 Å². The third-order valence-corrected chi connectivity index (χ3v) is 8.28. The molecule has 1 atom stereocenters. The first kappa shape index (κ1) is 11.4. The van der Waals surface area contributed by atoms with Crippen LogP contribution < -0.4 is 0 Å². The number of ether oxygens (including phenoxy) is 1. The molecule has 1 unspecified atom stereocenters. The normalized spacial score (nSPS) is 33.5. The van der Waals surface area contributed by atoms with E-state index in [4.69, 9.17) is 13.3 Å². The third-order valence-electron chi connectivity index (χ3n) is 2.09. The molecule has 0 aromatic rings. The van der Waals surface area contributed by atoms with Gasteiger partial charge in [-0.15, -0.1) is 0 Å². The topological polar surface area (TPSA) is 27.7 Å². The van der Waals surface area contributed by atoms with Gasteiger partial charge in [-0.05, 0) is 39.5 Å². The van der Waals surface area contributed by atoms with Crippen molar-refractivity contribution in [3.63, 3.8) is 0 Å². The van der Waals surface area contributed by atoms with E-state index in [9.17, 15) is 0 Å². The summed E-state index contributed by atoms with van der Waals surface area (Å²) in [7, 11) is -2.97. The van der Waals surface area contributed by atoms with Crippen molar-refractivity contribution in [1.29, 1.82) is 0 Å². The summed E-state index contributed by atoms with van der Waals surface area (Å²) in [6, 6.07) is 1.07. The van der Waals surface area contributed by atoms with Gasteiger partial charge in [-0.3, -0.25) is 0 Å². The molecule has 1 saturated heterocycles. The Morgan fingerprint density at radius 2 is 1.92 bits per heavy atom. The number of hydrogen-bond acceptors (Lipinski definition) is 3. The summed E-state index contributed by atoms with van der Waals surface area (Å²) in [4.78, 5) is 0. The molecule has 0 bridgehead atoms. The van der Waals surface area contributed by atoms with Gasteiger partial charge >= 0.3 is 9.28 Å². The van der Waals surface area contributed by atoms with Gasteiger partial charge < -0.3 is 13.3 Å². The summed E-state index contributed by atoms with van der Waals surface area (Å²) >= 11 is 0. The highest BCUT2D eigenvalue weighted by atomic mass is 28.4. The third kappa shape index (κ3) is 3.91. The molecule has 78 valence electrons. The van der Waals surface area contributed by atoms with E-state index in [2.05, 4.69) is 19.6 Å². The lowest BCUT2D eigenvalue weighted by molar-refractivity contribution is -0.164. The molecular formula is C8H20O3Si2. The Hall–Kier alpha value is 0.314. The first-order valence-corrected chi connectivity index (χ1v) is 10.0. The van der Waals surface area contributed by atoms with E-state index < -0.39 is 23.4 Å². The van der Waals surface area contributed by atoms with Crippen LogP contribution in [-0.2, 0) is 13.3 Å². The molecule has 13 heavy (non-hydrogen) atoms. The quantitative estimate of drug-likeness (QED) is 0.583. The molecule has 0 saturated carbocycles. The van der Waals surface area contributed by atoms with E-state index in [0.29, 0.717) is 0 Å².